The minimum atomic E-state index is -2.83. The predicted octanol–water partition coefficient (Wildman–Crippen LogP) is 0.277. The maximum Gasteiger partial charge on any atom is 0.148 e. The maximum absolute atomic E-state index is 11.1. The third-order valence-electron chi connectivity index (χ3n) is 2.73. The SMILES string of the molecule is CC(C)C1(CS(C)(=O)=O)CNC1. The smallest absolute Gasteiger partial charge is 0.148 e. The summed E-state index contributed by atoms with van der Waals surface area (Å²) in [6.07, 6.45) is 1.31. The van der Waals surface area contributed by atoms with Gasteiger partial charge in [-0.2, -0.15) is 0 Å². The van der Waals surface area contributed by atoms with Crippen LogP contribution in [0.2, 0.25) is 0 Å². The molecule has 4 heteroatoms. The van der Waals surface area contributed by atoms with Crippen molar-refractivity contribution < 1.29 is 8.42 Å². The number of nitrogens with one attached hydrogen (secondary N) is 1. The molecule has 12 heavy (non-hydrogen) atoms. The van der Waals surface area contributed by atoms with Gasteiger partial charge in [-0.25, -0.2) is 8.42 Å². The Morgan fingerprint density at radius 1 is 1.42 bits per heavy atom. The van der Waals surface area contributed by atoms with Crippen LogP contribution in [0.4, 0.5) is 0 Å². The van der Waals surface area contributed by atoms with E-state index in [2.05, 4.69) is 19.2 Å². The summed E-state index contributed by atoms with van der Waals surface area (Å²) in [5, 5.41) is 3.14. The van der Waals surface area contributed by atoms with Gasteiger partial charge < -0.3 is 5.32 Å². The van der Waals surface area contributed by atoms with Gasteiger partial charge in [-0.05, 0) is 5.92 Å². The Bertz CT molecular complexity index is 252. The van der Waals surface area contributed by atoms with Crippen molar-refractivity contribution in [2.75, 3.05) is 25.1 Å². The zero-order valence-corrected chi connectivity index (χ0v) is 8.74. The molecule has 3 nitrogen and oxygen atoms in total. The van der Waals surface area contributed by atoms with Crippen molar-refractivity contribution in [2.45, 2.75) is 13.8 Å². The normalized spacial score (nSPS) is 22.3. The van der Waals surface area contributed by atoms with Crippen LogP contribution in [0.3, 0.4) is 0 Å². The lowest BCUT2D eigenvalue weighted by Gasteiger charge is -2.45. The second kappa shape index (κ2) is 3.00. The molecule has 0 aliphatic carbocycles. The average Bonchev–Trinajstić information content (AvgIpc) is 1.75. The number of sulfone groups is 1. The predicted molar refractivity (Wildman–Crippen MR) is 49.9 cm³/mol. The van der Waals surface area contributed by atoms with Crippen LogP contribution in [0.1, 0.15) is 13.8 Å². The van der Waals surface area contributed by atoms with Crippen molar-refractivity contribution in [1.29, 1.82) is 0 Å². The molecule has 1 heterocycles. The van der Waals surface area contributed by atoms with E-state index in [4.69, 9.17) is 0 Å². The molecular formula is C8H17NO2S. The Morgan fingerprint density at radius 2 is 1.92 bits per heavy atom. The van der Waals surface area contributed by atoms with E-state index < -0.39 is 9.84 Å². The molecule has 1 aliphatic rings. The first-order valence-electron chi connectivity index (χ1n) is 4.24. The molecule has 0 bridgehead atoms. The fraction of sp³-hybridized carbons (Fsp3) is 1.00. The maximum atomic E-state index is 11.1. The molecule has 0 aromatic rings. The summed E-state index contributed by atoms with van der Waals surface area (Å²) in [5.41, 5.74) is 0.00752. The van der Waals surface area contributed by atoms with Crippen molar-refractivity contribution in [3.63, 3.8) is 0 Å². The van der Waals surface area contributed by atoms with Crippen molar-refractivity contribution in [3.8, 4) is 0 Å². The van der Waals surface area contributed by atoms with E-state index in [9.17, 15) is 8.42 Å². The van der Waals surface area contributed by atoms with Gasteiger partial charge in [0.1, 0.15) is 9.84 Å². The van der Waals surface area contributed by atoms with Crippen LogP contribution < -0.4 is 5.32 Å². The Hall–Kier alpha value is -0.0900. The van der Waals surface area contributed by atoms with Crippen molar-refractivity contribution in [2.24, 2.45) is 11.3 Å². The summed E-state index contributed by atoms with van der Waals surface area (Å²) in [7, 11) is -2.83. The Morgan fingerprint density at radius 3 is 2.00 bits per heavy atom. The third-order valence-corrected chi connectivity index (χ3v) is 3.83. The van der Waals surface area contributed by atoms with Crippen LogP contribution in [-0.4, -0.2) is 33.5 Å². The second-order valence-electron chi connectivity index (χ2n) is 4.19. The van der Waals surface area contributed by atoms with Gasteiger partial charge in [-0.3, -0.25) is 0 Å². The van der Waals surface area contributed by atoms with Crippen molar-refractivity contribution in [3.05, 3.63) is 0 Å². The van der Waals surface area contributed by atoms with E-state index in [1.165, 1.54) is 6.26 Å². The first-order chi connectivity index (χ1) is 5.36. The molecule has 1 aliphatic heterocycles. The van der Waals surface area contributed by atoms with E-state index in [1.807, 2.05) is 0 Å². The summed E-state index contributed by atoms with van der Waals surface area (Å²) in [6, 6.07) is 0. The fourth-order valence-corrected chi connectivity index (χ4v) is 3.23. The molecule has 0 spiro atoms. The first-order valence-corrected chi connectivity index (χ1v) is 6.30. The monoisotopic (exact) mass is 191 g/mol. The molecule has 0 amide bonds. The molecule has 0 unspecified atom stereocenters. The number of hydrogen-bond acceptors (Lipinski definition) is 3. The Labute approximate surface area is 74.5 Å². The lowest BCUT2D eigenvalue weighted by atomic mass is 9.74. The van der Waals surface area contributed by atoms with Gasteiger partial charge in [-0.1, -0.05) is 13.8 Å². The van der Waals surface area contributed by atoms with E-state index in [0.717, 1.165) is 13.1 Å². The van der Waals surface area contributed by atoms with E-state index in [0.29, 0.717) is 11.7 Å². The topological polar surface area (TPSA) is 46.2 Å². The van der Waals surface area contributed by atoms with E-state index in [1.54, 1.807) is 0 Å². The van der Waals surface area contributed by atoms with Gasteiger partial charge in [0.25, 0.3) is 0 Å². The molecule has 0 atom stereocenters. The molecule has 1 fully saturated rings. The molecule has 1 N–H and O–H groups in total. The Balaban J connectivity index is 2.70. The highest BCUT2D eigenvalue weighted by Crippen LogP contribution is 2.33. The van der Waals surface area contributed by atoms with Crippen molar-refractivity contribution >= 4 is 9.84 Å². The molecule has 72 valence electrons. The number of hydrogen-bond donors (Lipinski definition) is 1. The highest BCUT2D eigenvalue weighted by molar-refractivity contribution is 7.90. The lowest BCUT2D eigenvalue weighted by Crippen LogP contribution is -2.59. The van der Waals surface area contributed by atoms with Crippen LogP contribution in [-0.2, 0) is 9.84 Å². The first kappa shape index (κ1) is 9.99. The summed E-state index contributed by atoms with van der Waals surface area (Å²) < 4.78 is 22.2. The minimum absolute atomic E-state index is 0.00752. The van der Waals surface area contributed by atoms with E-state index in [-0.39, 0.29) is 5.41 Å². The summed E-state index contributed by atoms with van der Waals surface area (Å²) >= 11 is 0. The van der Waals surface area contributed by atoms with Gasteiger partial charge in [0.15, 0.2) is 0 Å². The highest BCUT2D eigenvalue weighted by Gasteiger charge is 2.42. The molecule has 0 radical (unpaired) electrons. The molecule has 1 saturated heterocycles. The van der Waals surface area contributed by atoms with Gasteiger partial charge in [0, 0.05) is 24.8 Å². The highest BCUT2D eigenvalue weighted by atomic mass is 32.2. The van der Waals surface area contributed by atoms with Gasteiger partial charge in [0.05, 0.1) is 5.75 Å². The van der Waals surface area contributed by atoms with Crippen LogP contribution in [0, 0.1) is 11.3 Å². The van der Waals surface area contributed by atoms with Gasteiger partial charge in [0.2, 0.25) is 0 Å². The van der Waals surface area contributed by atoms with Crippen LogP contribution in [0.15, 0.2) is 0 Å². The molecule has 0 saturated carbocycles. The summed E-state index contributed by atoms with van der Waals surface area (Å²) in [5.74, 6) is 0.762. The average molecular weight is 191 g/mol. The molecule has 1 rings (SSSR count). The van der Waals surface area contributed by atoms with Crippen molar-refractivity contribution in [1.82, 2.24) is 5.32 Å². The van der Waals surface area contributed by atoms with Crippen LogP contribution >= 0.6 is 0 Å². The molecule has 0 aromatic heterocycles. The standard InChI is InChI=1S/C8H17NO2S/c1-7(2)8(4-9-5-8)6-12(3,10)11/h7,9H,4-6H2,1-3H3. The number of rotatable bonds is 3. The van der Waals surface area contributed by atoms with Gasteiger partial charge >= 0.3 is 0 Å². The quantitative estimate of drug-likeness (QED) is 0.697. The molecule has 0 aromatic carbocycles. The fourth-order valence-electron chi connectivity index (χ4n) is 1.65. The minimum Gasteiger partial charge on any atom is -0.315 e. The van der Waals surface area contributed by atoms with Crippen LogP contribution in [0.5, 0.6) is 0 Å². The largest absolute Gasteiger partial charge is 0.315 e. The zero-order chi connectivity index (χ0) is 9.41. The zero-order valence-electron chi connectivity index (χ0n) is 7.92. The second-order valence-corrected chi connectivity index (χ2v) is 6.33. The summed E-state index contributed by atoms with van der Waals surface area (Å²) in [4.78, 5) is 0. The van der Waals surface area contributed by atoms with Gasteiger partial charge in [-0.15, -0.1) is 0 Å². The van der Waals surface area contributed by atoms with Crippen LogP contribution in [0.25, 0.3) is 0 Å². The summed E-state index contributed by atoms with van der Waals surface area (Å²) in [6.45, 7) is 5.87. The molecular weight excluding hydrogens is 174 g/mol. The third kappa shape index (κ3) is 1.98. The Kier molecular flexibility index (Phi) is 2.50. The van der Waals surface area contributed by atoms with E-state index >= 15 is 0 Å². The lowest BCUT2D eigenvalue weighted by molar-refractivity contribution is 0.128.